The van der Waals surface area contributed by atoms with Crippen LogP contribution in [-0.4, -0.2) is 39.8 Å². The van der Waals surface area contributed by atoms with Crippen LogP contribution in [0.2, 0.25) is 0 Å². The number of hydrogen-bond donors (Lipinski definition) is 1. The third-order valence-electron chi connectivity index (χ3n) is 4.51. The summed E-state index contributed by atoms with van der Waals surface area (Å²) < 4.78 is 1.92. The lowest BCUT2D eigenvalue weighted by Gasteiger charge is -2.36. The van der Waals surface area contributed by atoms with E-state index in [4.69, 9.17) is 0 Å². The largest absolute Gasteiger partial charge is 0.328 e. The molecule has 1 fully saturated rings. The predicted molar refractivity (Wildman–Crippen MR) is 93.0 cm³/mol. The fraction of sp³-hybridized carbons (Fsp3) is 0.263. The molecule has 0 spiro atoms. The van der Waals surface area contributed by atoms with Gasteiger partial charge in [-0.05, 0) is 24.1 Å². The molecule has 2 aromatic heterocycles. The summed E-state index contributed by atoms with van der Waals surface area (Å²) in [5.41, 5.74) is 3.60. The maximum atomic E-state index is 13.1. The standard InChI is InChI=1S/C19H20N4O/c1-14-7-8-18-21-16(13-22(18)12-14)19(24)23-10-9-20-11-17(23)15-5-3-2-4-6-15/h2-8,12-13,17,20H,9-11H2,1H3/t17-/m1/s1. The summed E-state index contributed by atoms with van der Waals surface area (Å²) in [6.45, 7) is 4.29. The van der Waals surface area contributed by atoms with Gasteiger partial charge >= 0.3 is 0 Å². The molecule has 3 aromatic rings. The number of aromatic nitrogens is 2. The van der Waals surface area contributed by atoms with E-state index in [2.05, 4.69) is 22.4 Å². The molecule has 1 atom stereocenters. The van der Waals surface area contributed by atoms with Crippen molar-refractivity contribution in [3.8, 4) is 0 Å². The summed E-state index contributed by atoms with van der Waals surface area (Å²) in [7, 11) is 0. The van der Waals surface area contributed by atoms with Crippen molar-refractivity contribution >= 4 is 11.6 Å². The van der Waals surface area contributed by atoms with E-state index in [0.29, 0.717) is 12.2 Å². The molecule has 1 saturated heterocycles. The lowest BCUT2D eigenvalue weighted by Crippen LogP contribution is -2.48. The lowest BCUT2D eigenvalue weighted by atomic mass is 10.0. The Morgan fingerprint density at radius 1 is 1.17 bits per heavy atom. The van der Waals surface area contributed by atoms with Crippen LogP contribution < -0.4 is 5.32 Å². The molecule has 24 heavy (non-hydrogen) atoms. The molecule has 1 amide bonds. The third kappa shape index (κ3) is 2.67. The second-order valence-corrected chi connectivity index (χ2v) is 6.23. The van der Waals surface area contributed by atoms with Gasteiger partial charge < -0.3 is 14.6 Å². The molecule has 0 unspecified atom stereocenters. The Hall–Kier alpha value is -2.66. The number of imidazole rings is 1. The van der Waals surface area contributed by atoms with Gasteiger partial charge in [0, 0.05) is 32.0 Å². The van der Waals surface area contributed by atoms with E-state index in [1.807, 2.05) is 58.9 Å². The van der Waals surface area contributed by atoms with Crippen molar-refractivity contribution in [1.82, 2.24) is 19.6 Å². The molecule has 1 aromatic carbocycles. The number of amides is 1. The Labute approximate surface area is 140 Å². The Kier molecular flexibility index (Phi) is 3.78. The molecule has 1 aliphatic rings. The zero-order valence-electron chi connectivity index (χ0n) is 13.6. The van der Waals surface area contributed by atoms with Crippen molar-refractivity contribution in [2.24, 2.45) is 0 Å². The number of pyridine rings is 1. The number of carbonyl (C=O) groups excluding carboxylic acids is 1. The van der Waals surface area contributed by atoms with E-state index in [-0.39, 0.29) is 11.9 Å². The number of carbonyl (C=O) groups is 1. The summed E-state index contributed by atoms with van der Waals surface area (Å²) >= 11 is 0. The minimum atomic E-state index is -0.00768. The number of aryl methyl sites for hydroxylation is 1. The van der Waals surface area contributed by atoms with Crippen LogP contribution in [0, 0.1) is 6.92 Å². The van der Waals surface area contributed by atoms with Crippen molar-refractivity contribution in [2.75, 3.05) is 19.6 Å². The highest BCUT2D eigenvalue weighted by atomic mass is 16.2. The lowest BCUT2D eigenvalue weighted by molar-refractivity contribution is 0.0629. The maximum absolute atomic E-state index is 13.1. The molecule has 1 N–H and O–H groups in total. The Bertz CT molecular complexity index is 871. The minimum absolute atomic E-state index is 0.00768. The van der Waals surface area contributed by atoms with Crippen LogP contribution >= 0.6 is 0 Å². The molecule has 122 valence electrons. The molecular weight excluding hydrogens is 300 g/mol. The fourth-order valence-electron chi connectivity index (χ4n) is 3.27. The number of fused-ring (bicyclic) bond motifs is 1. The molecule has 1 aliphatic heterocycles. The quantitative estimate of drug-likeness (QED) is 0.789. The molecule has 0 bridgehead atoms. The van der Waals surface area contributed by atoms with Crippen molar-refractivity contribution in [3.05, 3.63) is 71.7 Å². The van der Waals surface area contributed by atoms with E-state index >= 15 is 0 Å². The molecule has 3 heterocycles. The van der Waals surface area contributed by atoms with Gasteiger partial charge in [-0.3, -0.25) is 4.79 Å². The van der Waals surface area contributed by atoms with Crippen LogP contribution in [0.1, 0.15) is 27.7 Å². The number of nitrogens with one attached hydrogen (secondary N) is 1. The van der Waals surface area contributed by atoms with E-state index in [1.165, 1.54) is 0 Å². The van der Waals surface area contributed by atoms with Crippen LogP contribution in [0.4, 0.5) is 0 Å². The highest BCUT2D eigenvalue weighted by Gasteiger charge is 2.29. The Balaban J connectivity index is 1.67. The van der Waals surface area contributed by atoms with Crippen molar-refractivity contribution in [2.45, 2.75) is 13.0 Å². The topological polar surface area (TPSA) is 49.6 Å². The molecule has 5 nitrogen and oxygen atoms in total. The normalized spacial score (nSPS) is 18.0. The van der Waals surface area contributed by atoms with Crippen LogP contribution in [0.15, 0.2) is 54.9 Å². The molecule has 4 rings (SSSR count). The van der Waals surface area contributed by atoms with E-state index in [0.717, 1.165) is 29.9 Å². The first-order chi connectivity index (χ1) is 11.7. The Morgan fingerprint density at radius 2 is 2.00 bits per heavy atom. The summed E-state index contributed by atoms with van der Waals surface area (Å²) in [6, 6.07) is 14.2. The maximum Gasteiger partial charge on any atom is 0.274 e. The van der Waals surface area contributed by atoms with Crippen LogP contribution in [0.25, 0.3) is 5.65 Å². The second kappa shape index (κ2) is 6.09. The zero-order valence-corrected chi connectivity index (χ0v) is 13.6. The number of rotatable bonds is 2. The first-order valence-electron chi connectivity index (χ1n) is 8.24. The van der Waals surface area contributed by atoms with Crippen LogP contribution in [-0.2, 0) is 0 Å². The van der Waals surface area contributed by atoms with Gasteiger partial charge in [0.1, 0.15) is 11.3 Å². The van der Waals surface area contributed by atoms with Gasteiger partial charge in [0.25, 0.3) is 5.91 Å². The van der Waals surface area contributed by atoms with E-state index < -0.39 is 0 Å². The Morgan fingerprint density at radius 3 is 2.83 bits per heavy atom. The average Bonchev–Trinajstić information content (AvgIpc) is 3.05. The molecule has 0 radical (unpaired) electrons. The monoisotopic (exact) mass is 320 g/mol. The van der Waals surface area contributed by atoms with Gasteiger partial charge in [-0.15, -0.1) is 0 Å². The van der Waals surface area contributed by atoms with Gasteiger partial charge in [0.15, 0.2) is 0 Å². The van der Waals surface area contributed by atoms with E-state index in [1.54, 1.807) is 0 Å². The highest BCUT2D eigenvalue weighted by molar-refractivity contribution is 5.93. The first kappa shape index (κ1) is 14.9. The number of nitrogens with zero attached hydrogens (tertiary/aromatic N) is 3. The zero-order chi connectivity index (χ0) is 16.5. The first-order valence-corrected chi connectivity index (χ1v) is 8.24. The van der Waals surface area contributed by atoms with E-state index in [9.17, 15) is 4.79 Å². The molecule has 0 saturated carbocycles. The fourth-order valence-corrected chi connectivity index (χ4v) is 3.27. The van der Waals surface area contributed by atoms with Crippen molar-refractivity contribution in [1.29, 1.82) is 0 Å². The van der Waals surface area contributed by atoms with Gasteiger partial charge in [0.2, 0.25) is 0 Å². The van der Waals surface area contributed by atoms with Gasteiger partial charge in [-0.2, -0.15) is 0 Å². The molecule has 0 aliphatic carbocycles. The van der Waals surface area contributed by atoms with Gasteiger partial charge in [-0.25, -0.2) is 4.98 Å². The summed E-state index contributed by atoms with van der Waals surface area (Å²) in [4.78, 5) is 19.5. The number of benzene rings is 1. The highest BCUT2D eigenvalue weighted by Crippen LogP contribution is 2.24. The third-order valence-corrected chi connectivity index (χ3v) is 4.51. The van der Waals surface area contributed by atoms with Crippen LogP contribution in [0.5, 0.6) is 0 Å². The van der Waals surface area contributed by atoms with Gasteiger partial charge in [-0.1, -0.05) is 36.4 Å². The van der Waals surface area contributed by atoms with Crippen LogP contribution in [0.3, 0.4) is 0 Å². The number of hydrogen-bond acceptors (Lipinski definition) is 3. The minimum Gasteiger partial charge on any atom is -0.328 e. The summed E-state index contributed by atoms with van der Waals surface area (Å²) in [5, 5.41) is 3.38. The van der Waals surface area contributed by atoms with Gasteiger partial charge in [0.05, 0.1) is 6.04 Å². The molecule has 5 heteroatoms. The smallest absolute Gasteiger partial charge is 0.274 e. The number of piperazine rings is 1. The second-order valence-electron chi connectivity index (χ2n) is 6.23. The van der Waals surface area contributed by atoms with Crippen molar-refractivity contribution < 1.29 is 4.79 Å². The predicted octanol–water partition coefficient (Wildman–Crippen LogP) is 2.43. The molecular formula is C19H20N4O. The SMILES string of the molecule is Cc1ccc2nc(C(=O)N3CCNC[C@@H]3c3ccccc3)cn2c1. The van der Waals surface area contributed by atoms with Crippen molar-refractivity contribution in [3.63, 3.8) is 0 Å². The summed E-state index contributed by atoms with van der Waals surface area (Å²) in [5.74, 6) is -0.00768. The summed E-state index contributed by atoms with van der Waals surface area (Å²) in [6.07, 6.45) is 3.82. The average molecular weight is 320 g/mol.